The molecular formula is C43H73N3O29. The number of hydrogen-bond donors (Lipinski definition) is 19. The summed E-state index contributed by atoms with van der Waals surface area (Å²) in [4.78, 5) is 37.0. The van der Waals surface area contributed by atoms with E-state index in [-0.39, 0.29) is 6.42 Å². The first-order valence-electron chi connectivity index (χ1n) is 24.3. The van der Waals surface area contributed by atoms with Gasteiger partial charge in [-0.15, -0.1) is 0 Å². The summed E-state index contributed by atoms with van der Waals surface area (Å²) in [7, 11) is 0. The summed E-state index contributed by atoms with van der Waals surface area (Å²) < 4.78 is 58.3. The van der Waals surface area contributed by atoms with Crippen molar-refractivity contribution in [2.45, 2.75) is 212 Å². The topological polar surface area (TPSA) is 503 Å². The van der Waals surface area contributed by atoms with Crippen LogP contribution < -0.4 is 16.0 Å². The molecule has 1 saturated carbocycles. The van der Waals surface area contributed by atoms with Crippen LogP contribution in [0.4, 0.5) is 0 Å². The molecule has 3 amide bonds. The summed E-state index contributed by atoms with van der Waals surface area (Å²) >= 11 is 0. The quantitative estimate of drug-likeness (QED) is 0.0606. The van der Waals surface area contributed by atoms with Crippen molar-refractivity contribution in [3.05, 3.63) is 0 Å². The number of rotatable bonds is 18. The van der Waals surface area contributed by atoms with Crippen LogP contribution in [0.1, 0.15) is 34.1 Å². The molecule has 0 aromatic rings. The fraction of sp³-hybridized carbons (Fsp3) is 0.930. The Morgan fingerprint density at radius 1 is 0.427 bits per heavy atom. The second kappa shape index (κ2) is 26.6. The van der Waals surface area contributed by atoms with Crippen molar-refractivity contribution < 1.29 is 143 Å². The van der Waals surface area contributed by atoms with Gasteiger partial charge in [0, 0.05) is 33.3 Å². The molecule has 5 aliphatic heterocycles. The van der Waals surface area contributed by atoms with Crippen LogP contribution in [0.25, 0.3) is 0 Å². The zero-order chi connectivity index (χ0) is 55.5. The standard InChI is InChI=1S/C43H73N3O29/c1-11-24(54)31(61)33(63)41(67-11)66-10-20-36(30(60)22(39(65)69-20)45-13(3)52)68-16-5-15(6-47)35(29(59)21(16)44-12(2)51)73-42-34(64)37(27(57)19(9-50)71-42)74-43-38(32(62)26(56)18(8-49)72-43)75-40-23(46-14(4)53)28(58)25(55)17(7-48)70-40/h11,15-43,47-50,54-65H,5-10H2,1-4H3,(H,44,51)(H,45,52)(H,46,53)/t11-,15+,16+,17+,18+,19+,20+,21-,22+,23+,24+,25+,26+,27+,28+,29+,30+,31+,32-,33-,34-,35+,36+,37-,38-,39+,40-,41+,42-,43+/m0/s1. The van der Waals surface area contributed by atoms with Gasteiger partial charge in [-0.3, -0.25) is 14.4 Å². The lowest BCUT2D eigenvalue weighted by Gasteiger charge is -2.51. The zero-order valence-corrected chi connectivity index (χ0v) is 41.0. The molecule has 75 heavy (non-hydrogen) atoms. The second-order valence-electron chi connectivity index (χ2n) is 19.5. The maximum absolute atomic E-state index is 12.8. The Balaban J connectivity index is 1.25. The van der Waals surface area contributed by atoms with E-state index in [1.165, 1.54) is 6.92 Å². The molecule has 0 aromatic heterocycles. The molecule has 0 bridgehead atoms. The third-order valence-corrected chi connectivity index (χ3v) is 14.1. The third kappa shape index (κ3) is 13.7. The number of hydrogen-bond acceptors (Lipinski definition) is 29. The van der Waals surface area contributed by atoms with E-state index in [2.05, 4.69) is 16.0 Å². The summed E-state index contributed by atoms with van der Waals surface area (Å²) in [5.41, 5.74) is 0. The lowest BCUT2D eigenvalue weighted by Crippen LogP contribution is -2.69. The molecule has 5 heterocycles. The molecule has 0 aromatic carbocycles. The van der Waals surface area contributed by atoms with Gasteiger partial charge in [0.05, 0.1) is 50.8 Å². The molecule has 5 saturated heterocycles. The number of aliphatic hydroxyl groups is 16. The van der Waals surface area contributed by atoms with Gasteiger partial charge in [-0.05, 0) is 13.3 Å². The predicted octanol–water partition coefficient (Wildman–Crippen LogP) is -12.0. The molecule has 30 atom stereocenters. The van der Waals surface area contributed by atoms with E-state index in [0.29, 0.717) is 0 Å². The van der Waals surface area contributed by atoms with Crippen LogP contribution in [-0.2, 0) is 61.8 Å². The van der Waals surface area contributed by atoms with E-state index >= 15 is 0 Å². The summed E-state index contributed by atoms with van der Waals surface area (Å²) in [5.74, 6) is -3.49. The number of amides is 3. The van der Waals surface area contributed by atoms with Crippen LogP contribution in [0.15, 0.2) is 0 Å². The average molecular weight is 1100 g/mol. The second-order valence-corrected chi connectivity index (χ2v) is 19.5. The molecule has 6 aliphatic rings. The van der Waals surface area contributed by atoms with Gasteiger partial charge in [0.2, 0.25) is 17.7 Å². The summed E-state index contributed by atoms with van der Waals surface area (Å²) in [5, 5.41) is 181. The van der Waals surface area contributed by atoms with Crippen molar-refractivity contribution in [1.29, 1.82) is 0 Å². The number of ether oxygens (including phenoxy) is 10. The fourth-order valence-corrected chi connectivity index (χ4v) is 10.1. The van der Waals surface area contributed by atoms with Gasteiger partial charge in [-0.2, -0.15) is 0 Å². The molecule has 1 aliphatic carbocycles. The SMILES string of the molecule is CC(=O)N[C@@H]1[C@@H](O)[C@H](O[C@@H]2C[C@H](CO)[C@@H](O[C@@H]3O[C@H](CO)[C@@H](O)[C@H](O[C@H]4O[C@H](CO)[C@@H](O)[C@H](O)[C@@H]4O[C@@H]4O[C@H](CO)[C@@H](O)[C@H](O)[C@H]4NC(C)=O)[C@@H]3O)[C@H](O)[C@H]2NC(C)=O)[C@@H](CO[C@@H]2O[C@@H](C)[C@@H](O)[C@@H](O)[C@@H]2O)O[C@H]1O. The van der Waals surface area contributed by atoms with E-state index in [9.17, 15) is 96.1 Å². The summed E-state index contributed by atoms with van der Waals surface area (Å²) in [6.07, 6.45) is -46.6. The van der Waals surface area contributed by atoms with Crippen LogP contribution in [0, 0.1) is 5.92 Å². The Kier molecular flexibility index (Phi) is 21.8. The maximum atomic E-state index is 12.8. The summed E-state index contributed by atoms with van der Waals surface area (Å²) in [6, 6.07) is -4.72. The molecule has 32 heteroatoms. The first kappa shape index (κ1) is 61.6. The van der Waals surface area contributed by atoms with E-state index in [0.717, 1.165) is 20.8 Å². The highest BCUT2D eigenvalue weighted by Gasteiger charge is 2.57. The highest BCUT2D eigenvalue weighted by atomic mass is 16.8. The van der Waals surface area contributed by atoms with Crippen LogP contribution in [0.5, 0.6) is 0 Å². The highest BCUT2D eigenvalue weighted by Crippen LogP contribution is 2.38. The Morgan fingerprint density at radius 3 is 1.52 bits per heavy atom. The molecule has 0 radical (unpaired) electrons. The minimum Gasteiger partial charge on any atom is -0.396 e. The van der Waals surface area contributed by atoms with Gasteiger partial charge in [-0.1, -0.05) is 0 Å². The van der Waals surface area contributed by atoms with E-state index in [4.69, 9.17) is 47.4 Å². The van der Waals surface area contributed by atoms with Gasteiger partial charge in [0.1, 0.15) is 122 Å². The van der Waals surface area contributed by atoms with Crippen molar-refractivity contribution in [2.24, 2.45) is 5.92 Å². The van der Waals surface area contributed by atoms with Crippen LogP contribution in [-0.4, -0.2) is 310 Å². The first-order valence-corrected chi connectivity index (χ1v) is 24.3. The molecule has 0 spiro atoms. The van der Waals surface area contributed by atoms with E-state index in [1.54, 1.807) is 0 Å². The van der Waals surface area contributed by atoms with Crippen molar-refractivity contribution in [3.8, 4) is 0 Å². The van der Waals surface area contributed by atoms with Crippen LogP contribution in [0.2, 0.25) is 0 Å². The Hall–Kier alpha value is -2.63. The van der Waals surface area contributed by atoms with E-state index < -0.39 is 234 Å². The third-order valence-electron chi connectivity index (χ3n) is 14.1. The first-order chi connectivity index (χ1) is 35.4. The molecule has 6 fully saturated rings. The number of carbonyl (C=O) groups excluding carboxylic acids is 3. The number of aliphatic hydroxyl groups excluding tert-OH is 16. The van der Waals surface area contributed by atoms with Gasteiger partial charge in [0.25, 0.3) is 0 Å². The lowest BCUT2D eigenvalue weighted by atomic mass is 9.79. The number of nitrogens with one attached hydrogen (secondary N) is 3. The van der Waals surface area contributed by atoms with Crippen molar-refractivity contribution in [1.82, 2.24) is 16.0 Å². The molecular weight excluding hydrogens is 1020 g/mol. The lowest BCUT2D eigenvalue weighted by molar-refractivity contribution is -0.387. The van der Waals surface area contributed by atoms with Crippen molar-refractivity contribution >= 4 is 17.7 Å². The molecule has 19 N–H and O–H groups in total. The minimum absolute atomic E-state index is 0.378. The van der Waals surface area contributed by atoms with E-state index in [1.807, 2.05) is 0 Å². The highest BCUT2D eigenvalue weighted by molar-refractivity contribution is 5.74. The minimum atomic E-state index is -2.19. The molecule has 434 valence electrons. The van der Waals surface area contributed by atoms with Crippen LogP contribution in [0.3, 0.4) is 0 Å². The molecule has 0 unspecified atom stereocenters. The fourth-order valence-electron chi connectivity index (χ4n) is 10.1. The molecule has 6 rings (SSSR count). The van der Waals surface area contributed by atoms with Crippen molar-refractivity contribution in [3.63, 3.8) is 0 Å². The van der Waals surface area contributed by atoms with Gasteiger partial charge < -0.3 is 145 Å². The monoisotopic (exact) mass is 1100 g/mol. The molecule has 32 nitrogen and oxygen atoms in total. The number of carbonyl (C=O) groups is 3. The maximum Gasteiger partial charge on any atom is 0.217 e. The van der Waals surface area contributed by atoms with Gasteiger partial charge in [0.15, 0.2) is 31.5 Å². The summed E-state index contributed by atoms with van der Waals surface area (Å²) in [6.45, 7) is 0.235. The zero-order valence-electron chi connectivity index (χ0n) is 41.0. The smallest absolute Gasteiger partial charge is 0.217 e. The predicted molar refractivity (Wildman–Crippen MR) is 236 cm³/mol. The van der Waals surface area contributed by atoms with Crippen molar-refractivity contribution in [2.75, 3.05) is 33.0 Å². The Morgan fingerprint density at radius 2 is 0.933 bits per heavy atom. The van der Waals surface area contributed by atoms with Gasteiger partial charge in [-0.25, -0.2) is 0 Å². The van der Waals surface area contributed by atoms with Gasteiger partial charge >= 0.3 is 0 Å². The Bertz CT molecular complexity index is 1850. The Labute approximate surface area is 427 Å². The van der Waals surface area contributed by atoms with Crippen LogP contribution >= 0.6 is 0 Å². The average Bonchev–Trinajstić information content (AvgIpc) is 3.36. The largest absolute Gasteiger partial charge is 0.396 e. The normalized spacial score (nSPS) is 48.6.